The van der Waals surface area contributed by atoms with Gasteiger partial charge < -0.3 is 19.5 Å². The van der Waals surface area contributed by atoms with Crippen LogP contribution in [0.3, 0.4) is 0 Å². The van der Waals surface area contributed by atoms with Gasteiger partial charge in [0.2, 0.25) is 0 Å². The van der Waals surface area contributed by atoms with Crippen molar-refractivity contribution in [1.82, 2.24) is 10.2 Å². The Hall–Kier alpha value is -2.14. The maximum absolute atomic E-state index is 13.2. The monoisotopic (exact) mass is 351 g/mol. The Morgan fingerprint density at radius 1 is 1.54 bits per heavy atom. The number of aliphatic carboxylic acids is 1. The van der Waals surface area contributed by atoms with Crippen LogP contribution < -0.4 is 10.5 Å². The molecule has 0 amide bonds. The smallest absolute Gasteiger partial charge is 0.423 e. The van der Waals surface area contributed by atoms with Crippen molar-refractivity contribution in [3.05, 3.63) is 22.1 Å². The molecule has 2 N–H and O–H groups in total. The molecular formula is C13H16F3N3O5. The number of rotatable bonds is 6. The van der Waals surface area contributed by atoms with Crippen LogP contribution in [0.4, 0.5) is 18.9 Å². The van der Waals surface area contributed by atoms with Gasteiger partial charge in [-0.3, -0.25) is 9.59 Å². The third-order valence-corrected chi connectivity index (χ3v) is 3.43. The van der Waals surface area contributed by atoms with E-state index in [1.807, 2.05) is 0 Å². The normalized spacial score (nSPS) is 18.6. The summed E-state index contributed by atoms with van der Waals surface area (Å²) in [6, 6.07) is -0.586. The van der Waals surface area contributed by atoms with Gasteiger partial charge in [0, 0.05) is 6.54 Å². The van der Waals surface area contributed by atoms with E-state index in [0.29, 0.717) is 0 Å². The lowest BCUT2D eigenvalue weighted by Gasteiger charge is -2.37. The molecule has 1 aromatic rings. The van der Waals surface area contributed by atoms with Crippen molar-refractivity contribution in [2.45, 2.75) is 18.6 Å². The summed E-state index contributed by atoms with van der Waals surface area (Å²) in [4.78, 5) is 23.4. The maximum atomic E-state index is 13.2. The van der Waals surface area contributed by atoms with Gasteiger partial charge in [-0.1, -0.05) is 0 Å². The first-order valence-electron chi connectivity index (χ1n) is 7.09. The summed E-state index contributed by atoms with van der Waals surface area (Å²) < 4.78 is 50.0. The number of carbonyl (C=O) groups is 1. The first-order valence-corrected chi connectivity index (χ1v) is 7.09. The van der Waals surface area contributed by atoms with E-state index in [9.17, 15) is 22.8 Å². The van der Waals surface area contributed by atoms with E-state index in [1.54, 1.807) is 5.10 Å². The number of anilines is 1. The first-order chi connectivity index (χ1) is 11.3. The van der Waals surface area contributed by atoms with Crippen LogP contribution in [0.25, 0.3) is 0 Å². The minimum atomic E-state index is -4.83. The number of alkyl halides is 3. The molecule has 1 atom stereocenters. The van der Waals surface area contributed by atoms with E-state index < -0.39 is 29.3 Å². The molecule has 0 aliphatic carbocycles. The summed E-state index contributed by atoms with van der Waals surface area (Å²) in [6.07, 6.45) is -4.10. The van der Waals surface area contributed by atoms with Crippen molar-refractivity contribution >= 4 is 11.7 Å². The van der Waals surface area contributed by atoms with Crippen molar-refractivity contribution in [2.75, 3.05) is 37.9 Å². The van der Waals surface area contributed by atoms with Crippen LogP contribution >= 0.6 is 0 Å². The van der Waals surface area contributed by atoms with Crippen LogP contribution in [0, 0.1) is 0 Å². The van der Waals surface area contributed by atoms with Crippen LogP contribution in [0.15, 0.2) is 11.0 Å². The van der Waals surface area contributed by atoms with Gasteiger partial charge in [-0.15, -0.1) is 0 Å². The lowest BCUT2D eigenvalue weighted by Crippen LogP contribution is -2.49. The quantitative estimate of drug-likeness (QED) is 0.719. The molecule has 1 saturated heterocycles. The Bertz CT molecular complexity index is 634. The van der Waals surface area contributed by atoms with Crippen molar-refractivity contribution < 1.29 is 32.5 Å². The maximum Gasteiger partial charge on any atom is 0.423 e. The predicted molar refractivity (Wildman–Crippen MR) is 74.9 cm³/mol. The number of morpholine rings is 1. The second-order valence-electron chi connectivity index (χ2n) is 5.10. The van der Waals surface area contributed by atoms with Crippen LogP contribution in [-0.2, 0) is 20.4 Å². The molecule has 24 heavy (non-hydrogen) atoms. The average Bonchev–Trinajstić information content (AvgIpc) is 2.50. The number of nitrogens with zero attached hydrogens (tertiary/aromatic N) is 2. The molecule has 134 valence electrons. The zero-order chi connectivity index (χ0) is 17.7. The topological polar surface area (TPSA) is 105 Å². The Morgan fingerprint density at radius 3 is 2.96 bits per heavy atom. The van der Waals surface area contributed by atoms with E-state index in [-0.39, 0.29) is 45.1 Å². The van der Waals surface area contributed by atoms with Crippen LogP contribution in [0.1, 0.15) is 12.0 Å². The molecule has 0 radical (unpaired) electrons. The largest absolute Gasteiger partial charge is 0.481 e. The van der Waals surface area contributed by atoms with Crippen LogP contribution in [-0.4, -0.2) is 60.3 Å². The minimum Gasteiger partial charge on any atom is -0.481 e. The molecular weight excluding hydrogens is 335 g/mol. The van der Waals surface area contributed by atoms with Gasteiger partial charge >= 0.3 is 12.1 Å². The number of H-pyrrole nitrogens is 1. The predicted octanol–water partition coefficient (Wildman–Crippen LogP) is 0.485. The van der Waals surface area contributed by atoms with Crippen molar-refractivity contribution in [2.24, 2.45) is 0 Å². The lowest BCUT2D eigenvalue weighted by atomic mass is 10.1. The standard InChI is InChI=1S/C13H16F3N3O5/c14-13(15,16)11-9(5-17-18-12(11)22)19-2-4-24-7-8(19)6-23-3-1-10(20)21/h5,8H,1-4,6-7H2,(H,18,22)(H,20,21). The molecule has 2 heterocycles. The summed E-state index contributed by atoms with van der Waals surface area (Å²) in [6.45, 7) is 0.310. The van der Waals surface area contributed by atoms with Gasteiger partial charge in [-0.05, 0) is 0 Å². The van der Waals surface area contributed by atoms with Gasteiger partial charge in [0.15, 0.2) is 0 Å². The number of hydrogen-bond acceptors (Lipinski definition) is 6. The van der Waals surface area contributed by atoms with Gasteiger partial charge in [0.25, 0.3) is 5.56 Å². The Kier molecular flexibility index (Phi) is 5.78. The number of carboxylic acids is 1. The van der Waals surface area contributed by atoms with Gasteiger partial charge in [0.1, 0.15) is 5.56 Å². The van der Waals surface area contributed by atoms with E-state index in [1.165, 1.54) is 4.90 Å². The van der Waals surface area contributed by atoms with Gasteiger partial charge in [0.05, 0.1) is 50.8 Å². The van der Waals surface area contributed by atoms with Crippen LogP contribution in [0.5, 0.6) is 0 Å². The molecule has 1 fully saturated rings. The van der Waals surface area contributed by atoms with Crippen molar-refractivity contribution in [3.63, 3.8) is 0 Å². The third kappa shape index (κ3) is 4.45. The number of aromatic nitrogens is 2. The molecule has 0 saturated carbocycles. The van der Waals surface area contributed by atoms with E-state index in [0.717, 1.165) is 6.20 Å². The molecule has 2 rings (SSSR count). The highest BCUT2D eigenvalue weighted by Crippen LogP contribution is 2.34. The number of carboxylic acid groups (broad SMARTS) is 1. The Balaban J connectivity index is 2.20. The van der Waals surface area contributed by atoms with Crippen molar-refractivity contribution in [3.8, 4) is 0 Å². The van der Waals surface area contributed by atoms with E-state index in [4.69, 9.17) is 14.6 Å². The third-order valence-electron chi connectivity index (χ3n) is 3.43. The molecule has 8 nitrogen and oxygen atoms in total. The molecule has 1 aromatic heterocycles. The number of aromatic amines is 1. The number of halogens is 3. The molecule has 1 unspecified atom stereocenters. The van der Waals surface area contributed by atoms with E-state index >= 15 is 0 Å². The molecule has 0 bridgehead atoms. The SMILES string of the molecule is O=C(O)CCOCC1COCCN1c1cn[nH]c(=O)c1C(F)(F)F. The second kappa shape index (κ2) is 7.62. The lowest BCUT2D eigenvalue weighted by molar-refractivity contribution is -0.139. The highest BCUT2D eigenvalue weighted by Gasteiger charge is 2.40. The Morgan fingerprint density at radius 2 is 2.29 bits per heavy atom. The zero-order valence-electron chi connectivity index (χ0n) is 12.5. The van der Waals surface area contributed by atoms with Crippen molar-refractivity contribution in [1.29, 1.82) is 0 Å². The highest BCUT2D eigenvalue weighted by molar-refractivity contribution is 5.66. The number of ether oxygens (including phenoxy) is 2. The average molecular weight is 351 g/mol. The highest BCUT2D eigenvalue weighted by atomic mass is 19.4. The summed E-state index contributed by atoms with van der Waals surface area (Å²) in [5, 5.41) is 13.8. The molecule has 1 aliphatic rings. The Labute approximate surface area is 134 Å². The van der Waals surface area contributed by atoms with Crippen LogP contribution in [0.2, 0.25) is 0 Å². The zero-order valence-corrected chi connectivity index (χ0v) is 12.5. The summed E-state index contributed by atoms with van der Waals surface area (Å²) in [5.74, 6) is -1.04. The summed E-state index contributed by atoms with van der Waals surface area (Å²) in [7, 11) is 0. The van der Waals surface area contributed by atoms with Gasteiger partial charge in [-0.2, -0.15) is 18.3 Å². The molecule has 0 spiro atoms. The summed E-state index contributed by atoms with van der Waals surface area (Å²) >= 11 is 0. The fourth-order valence-corrected chi connectivity index (χ4v) is 2.37. The molecule has 11 heteroatoms. The molecule has 0 aromatic carbocycles. The second-order valence-corrected chi connectivity index (χ2v) is 5.10. The van der Waals surface area contributed by atoms with E-state index in [2.05, 4.69) is 5.10 Å². The number of nitrogens with one attached hydrogen (secondary N) is 1. The summed E-state index contributed by atoms with van der Waals surface area (Å²) in [5.41, 5.74) is -2.99. The van der Waals surface area contributed by atoms with Gasteiger partial charge in [-0.25, -0.2) is 5.10 Å². The minimum absolute atomic E-state index is 0.0304. The fourth-order valence-electron chi connectivity index (χ4n) is 2.37. The fraction of sp³-hybridized carbons (Fsp3) is 0.615. The number of hydrogen-bond donors (Lipinski definition) is 2. The molecule has 1 aliphatic heterocycles. The first kappa shape index (κ1) is 18.2.